The van der Waals surface area contributed by atoms with E-state index in [1.54, 1.807) is 0 Å². The van der Waals surface area contributed by atoms with Crippen LogP contribution in [0.1, 0.15) is 26.7 Å². The summed E-state index contributed by atoms with van der Waals surface area (Å²) in [5.74, 6) is 1.41. The fourth-order valence-electron chi connectivity index (χ4n) is 1.18. The van der Waals surface area contributed by atoms with Gasteiger partial charge < -0.3 is 4.79 Å². The van der Waals surface area contributed by atoms with Gasteiger partial charge in [0.25, 0.3) is 0 Å². The van der Waals surface area contributed by atoms with Gasteiger partial charge in [-0.2, -0.15) is 12.6 Å². The fraction of sp³-hybridized carbons (Fsp3) is 0.700. The van der Waals surface area contributed by atoms with Gasteiger partial charge in [0.15, 0.2) is 0 Å². The third-order valence-electron chi connectivity index (χ3n) is 2.11. The first kappa shape index (κ1) is 11.8. The van der Waals surface area contributed by atoms with Crippen molar-refractivity contribution in [3.8, 4) is 0 Å². The quantitative estimate of drug-likeness (QED) is 0.383. The van der Waals surface area contributed by atoms with Crippen LogP contribution in [0.5, 0.6) is 0 Å². The number of rotatable bonds is 6. The minimum Gasteiger partial charge on any atom is -0.303 e. The molecule has 0 rings (SSSR count). The van der Waals surface area contributed by atoms with E-state index in [1.165, 1.54) is 0 Å². The molecule has 0 N–H and O–H groups in total. The zero-order valence-electron chi connectivity index (χ0n) is 7.92. The molecule has 0 aromatic rings. The van der Waals surface area contributed by atoms with Gasteiger partial charge in [0.2, 0.25) is 0 Å². The first-order chi connectivity index (χ1) is 5.65. The molecule has 2 atom stereocenters. The highest BCUT2D eigenvalue weighted by Crippen LogP contribution is 2.20. The van der Waals surface area contributed by atoms with Crippen LogP contribution < -0.4 is 0 Å². The van der Waals surface area contributed by atoms with Crippen molar-refractivity contribution in [3.05, 3.63) is 12.2 Å². The molecule has 70 valence electrons. The van der Waals surface area contributed by atoms with Crippen LogP contribution in [0.4, 0.5) is 0 Å². The normalized spacial score (nSPS) is 15.2. The predicted octanol–water partition coefficient (Wildman–Crippen LogP) is 2.72. The van der Waals surface area contributed by atoms with E-state index in [0.29, 0.717) is 5.92 Å². The molecular weight excluding hydrogens is 168 g/mol. The van der Waals surface area contributed by atoms with Gasteiger partial charge in [0, 0.05) is 5.92 Å². The van der Waals surface area contributed by atoms with Crippen LogP contribution >= 0.6 is 12.6 Å². The third-order valence-corrected chi connectivity index (χ3v) is 2.55. The second kappa shape index (κ2) is 6.30. The van der Waals surface area contributed by atoms with Gasteiger partial charge in [-0.25, -0.2) is 0 Å². The van der Waals surface area contributed by atoms with Crippen LogP contribution in [0, 0.1) is 11.8 Å². The molecule has 0 aromatic carbocycles. The lowest BCUT2D eigenvalue weighted by Gasteiger charge is -2.16. The SMILES string of the molecule is C=C(CC(C)C=O)C(CC)CS. The Kier molecular flexibility index (Phi) is 6.17. The Morgan fingerprint density at radius 1 is 1.67 bits per heavy atom. The molecule has 0 saturated carbocycles. The smallest absolute Gasteiger partial charge is 0.123 e. The molecule has 0 aliphatic rings. The van der Waals surface area contributed by atoms with Crippen LogP contribution in [0.25, 0.3) is 0 Å². The summed E-state index contributed by atoms with van der Waals surface area (Å²) < 4.78 is 0. The van der Waals surface area contributed by atoms with Gasteiger partial charge >= 0.3 is 0 Å². The Bertz CT molecular complexity index is 150. The molecule has 0 amide bonds. The Labute approximate surface area is 80.7 Å². The summed E-state index contributed by atoms with van der Waals surface area (Å²) in [5.41, 5.74) is 1.16. The number of allylic oxidation sites excluding steroid dienone is 1. The Morgan fingerprint density at radius 2 is 2.25 bits per heavy atom. The van der Waals surface area contributed by atoms with Crippen molar-refractivity contribution < 1.29 is 4.79 Å². The van der Waals surface area contributed by atoms with Gasteiger partial charge in [-0.3, -0.25) is 0 Å². The van der Waals surface area contributed by atoms with E-state index in [1.807, 2.05) is 6.92 Å². The van der Waals surface area contributed by atoms with Crippen LogP contribution in [0.15, 0.2) is 12.2 Å². The van der Waals surface area contributed by atoms with E-state index >= 15 is 0 Å². The molecule has 0 saturated heterocycles. The minimum absolute atomic E-state index is 0.103. The molecule has 0 heterocycles. The Balaban J connectivity index is 3.92. The van der Waals surface area contributed by atoms with Crippen molar-refractivity contribution in [2.24, 2.45) is 11.8 Å². The third kappa shape index (κ3) is 3.96. The summed E-state index contributed by atoms with van der Waals surface area (Å²) in [7, 11) is 0. The number of carbonyl (C=O) groups is 1. The molecule has 0 aromatic heterocycles. The standard InChI is InChI=1S/C10H18OS/c1-4-10(7-12)9(3)5-8(2)6-11/h6,8,10,12H,3-5,7H2,1-2H3. The van der Waals surface area contributed by atoms with Gasteiger partial charge in [-0.15, -0.1) is 0 Å². The average molecular weight is 186 g/mol. The van der Waals surface area contributed by atoms with Crippen LogP contribution in [0.3, 0.4) is 0 Å². The van der Waals surface area contributed by atoms with Gasteiger partial charge in [-0.1, -0.05) is 26.0 Å². The highest BCUT2D eigenvalue weighted by atomic mass is 32.1. The number of hydrogen-bond donors (Lipinski definition) is 1. The summed E-state index contributed by atoms with van der Waals surface area (Å²) >= 11 is 4.24. The van der Waals surface area contributed by atoms with E-state index in [0.717, 1.165) is 30.5 Å². The lowest BCUT2D eigenvalue weighted by Crippen LogP contribution is -2.08. The summed E-state index contributed by atoms with van der Waals surface area (Å²) in [5, 5.41) is 0. The summed E-state index contributed by atoms with van der Waals surface area (Å²) in [4.78, 5) is 10.4. The monoisotopic (exact) mass is 186 g/mol. The summed E-state index contributed by atoms with van der Waals surface area (Å²) in [6.07, 6.45) is 2.85. The van der Waals surface area contributed by atoms with Crippen LogP contribution in [-0.2, 0) is 4.79 Å². The molecule has 0 bridgehead atoms. The Hall–Kier alpha value is -0.240. The van der Waals surface area contributed by atoms with Crippen molar-refractivity contribution in [2.45, 2.75) is 26.7 Å². The molecule has 2 heteroatoms. The second-order valence-corrected chi connectivity index (χ2v) is 3.63. The molecule has 12 heavy (non-hydrogen) atoms. The maximum Gasteiger partial charge on any atom is 0.123 e. The molecule has 0 radical (unpaired) electrons. The largest absolute Gasteiger partial charge is 0.303 e. The number of aldehydes is 1. The molecular formula is C10H18OS. The number of hydrogen-bond acceptors (Lipinski definition) is 2. The lowest BCUT2D eigenvalue weighted by atomic mass is 9.92. The minimum atomic E-state index is 0.103. The van der Waals surface area contributed by atoms with Crippen molar-refractivity contribution in [3.63, 3.8) is 0 Å². The molecule has 2 unspecified atom stereocenters. The van der Waals surface area contributed by atoms with Gasteiger partial charge in [0.05, 0.1) is 0 Å². The van der Waals surface area contributed by atoms with Gasteiger partial charge in [0.1, 0.15) is 6.29 Å². The number of carbonyl (C=O) groups excluding carboxylic acids is 1. The lowest BCUT2D eigenvalue weighted by molar-refractivity contribution is -0.110. The molecule has 1 nitrogen and oxygen atoms in total. The first-order valence-corrected chi connectivity index (χ1v) is 5.02. The maximum absolute atomic E-state index is 10.4. The zero-order valence-corrected chi connectivity index (χ0v) is 8.81. The van der Waals surface area contributed by atoms with E-state index in [4.69, 9.17) is 0 Å². The van der Waals surface area contributed by atoms with Crippen molar-refractivity contribution in [2.75, 3.05) is 5.75 Å². The van der Waals surface area contributed by atoms with E-state index in [9.17, 15) is 4.79 Å². The fourth-order valence-corrected chi connectivity index (χ4v) is 1.69. The zero-order chi connectivity index (χ0) is 9.56. The van der Waals surface area contributed by atoms with Crippen molar-refractivity contribution in [1.29, 1.82) is 0 Å². The average Bonchev–Trinajstić information content (AvgIpc) is 2.06. The maximum atomic E-state index is 10.4. The van der Waals surface area contributed by atoms with E-state index < -0.39 is 0 Å². The summed E-state index contributed by atoms with van der Waals surface area (Å²) in [6, 6.07) is 0. The van der Waals surface area contributed by atoms with Crippen LogP contribution in [0.2, 0.25) is 0 Å². The molecule has 0 fully saturated rings. The van der Waals surface area contributed by atoms with E-state index in [-0.39, 0.29) is 5.92 Å². The molecule has 0 spiro atoms. The second-order valence-electron chi connectivity index (χ2n) is 3.26. The van der Waals surface area contributed by atoms with Crippen molar-refractivity contribution >= 4 is 18.9 Å². The first-order valence-electron chi connectivity index (χ1n) is 4.39. The van der Waals surface area contributed by atoms with Gasteiger partial charge in [-0.05, 0) is 24.5 Å². The highest BCUT2D eigenvalue weighted by molar-refractivity contribution is 7.80. The molecule has 0 aliphatic heterocycles. The highest BCUT2D eigenvalue weighted by Gasteiger charge is 2.11. The predicted molar refractivity (Wildman–Crippen MR) is 56.6 cm³/mol. The number of thiol groups is 1. The Morgan fingerprint density at radius 3 is 2.58 bits per heavy atom. The van der Waals surface area contributed by atoms with E-state index in [2.05, 4.69) is 26.1 Å². The topological polar surface area (TPSA) is 17.1 Å². The summed E-state index contributed by atoms with van der Waals surface area (Å²) in [6.45, 7) is 8.02. The van der Waals surface area contributed by atoms with Crippen LogP contribution in [-0.4, -0.2) is 12.0 Å². The van der Waals surface area contributed by atoms with Crippen molar-refractivity contribution in [1.82, 2.24) is 0 Å². The molecule has 0 aliphatic carbocycles.